The van der Waals surface area contributed by atoms with E-state index in [2.05, 4.69) is 0 Å². The van der Waals surface area contributed by atoms with Crippen LogP contribution in [0.5, 0.6) is 0 Å². The summed E-state index contributed by atoms with van der Waals surface area (Å²) in [5, 5.41) is 0.235. The molecule has 1 aromatic rings. The Hall–Kier alpha value is -1.88. The number of nitrogens with zero attached hydrogens (tertiary/aromatic N) is 2. The largest absolute Gasteiger partial charge is 0.342 e. The van der Waals surface area contributed by atoms with Crippen molar-refractivity contribution in [2.24, 2.45) is 0 Å². The van der Waals surface area contributed by atoms with Gasteiger partial charge in [0, 0.05) is 13.1 Å². The van der Waals surface area contributed by atoms with Crippen LogP contribution in [0.4, 0.5) is 5.69 Å². The molecule has 0 bridgehead atoms. The lowest BCUT2D eigenvalue weighted by Gasteiger charge is -2.22. The lowest BCUT2D eigenvalue weighted by molar-refractivity contribution is -0.130. The third-order valence-corrected chi connectivity index (χ3v) is 3.67. The van der Waals surface area contributed by atoms with E-state index in [1.165, 1.54) is 4.90 Å². The highest BCUT2D eigenvalue weighted by Gasteiger charge is 2.38. The smallest absolute Gasteiger partial charge is 0.300 e. The van der Waals surface area contributed by atoms with Crippen molar-refractivity contribution in [1.82, 2.24) is 4.90 Å². The molecule has 20 heavy (non-hydrogen) atoms. The molecule has 0 fully saturated rings. The first-order chi connectivity index (χ1) is 9.51. The molecule has 0 aromatic heterocycles. The van der Waals surface area contributed by atoms with Crippen molar-refractivity contribution < 1.29 is 14.4 Å². The lowest BCUT2D eigenvalue weighted by atomic mass is 10.1. The summed E-state index contributed by atoms with van der Waals surface area (Å²) in [5.74, 6) is -1.55. The molecule has 6 heteroatoms. The van der Waals surface area contributed by atoms with Crippen LogP contribution in [-0.2, 0) is 9.59 Å². The Morgan fingerprint density at radius 1 is 1.25 bits per heavy atom. The van der Waals surface area contributed by atoms with Gasteiger partial charge in [-0.25, -0.2) is 0 Å². The first-order valence-corrected chi connectivity index (χ1v) is 6.81. The summed E-state index contributed by atoms with van der Waals surface area (Å²) in [6.45, 7) is 4.72. The van der Waals surface area contributed by atoms with Gasteiger partial charge in [0.05, 0.1) is 16.3 Å². The van der Waals surface area contributed by atoms with Gasteiger partial charge in [0.2, 0.25) is 5.91 Å². The molecule has 0 aliphatic carbocycles. The Kier molecular flexibility index (Phi) is 4.09. The normalized spacial score (nSPS) is 13.7. The number of carbonyl (C=O) groups is 3. The first-order valence-electron chi connectivity index (χ1n) is 6.43. The number of ketones is 1. The van der Waals surface area contributed by atoms with Gasteiger partial charge in [-0.3, -0.25) is 19.3 Å². The monoisotopic (exact) mass is 294 g/mol. The average molecular weight is 295 g/mol. The number of likely N-dealkylation sites (N-methyl/N-ethyl adjacent to an activating group) is 1. The van der Waals surface area contributed by atoms with Crippen LogP contribution >= 0.6 is 11.6 Å². The number of anilines is 1. The molecule has 0 radical (unpaired) electrons. The Labute approximate surface area is 122 Å². The quantitative estimate of drug-likeness (QED) is 0.795. The molecule has 0 N–H and O–H groups in total. The highest BCUT2D eigenvalue weighted by atomic mass is 35.5. The number of halogens is 1. The van der Waals surface area contributed by atoms with E-state index in [0.717, 1.165) is 0 Å². The Morgan fingerprint density at radius 2 is 1.90 bits per heavy atom. The van der Waals surface area contributed by atoms with E-state index in [0.29, 0.717) is 18.8 Å². The van der Waals surface area contributed by atoms with Crippen molar-refractivity contribution >= 4 is 34.9 Å². The van der Waals surface area contributed by atoms with Crippen LogP contribution in [0, 0.1) is 0 Å². The molecule has 1 aliphatic heterocycles. The van der Waals surface area contributed by atoms with E-state index in [4.69, 9.17) is 11.6 Å². The fraction of sp³-hybridized carbons (Fsp3) is 0.357. The Morgan fingerprint density at radius 3 is 2.50 bits per heavy atom. The minimum atomic E-state index is -0.700. The standard InChI is InChI=1S/C14H15ClN2O3/c1-3-16(4-2)11(18)8-17-10-7-5-6-9(15)12(10)13(19)14(17)20/h5-7H,3-4,8H2,1-2H3. The van der Waals surface area contributed by atoms with Gasteiger partial charge in [0.1, 0.15) is 6.54 Å². The molecule has 0 unspecified atom stereocenters. The van der Waals surface area contributed by atoms with E-state index in [1.54, 1.807) is 23.1 Å². The van der Waals surface area contributed by atoms with Gasteiger partial charge >= 0.3 is 0 Å². The number of carbonyl (C=O) groups excluding carboxylic acids is 3. The molecular formula is C14H15ClN2O3. The Bertz CT molecular complexity index is 582. The van der Waals surface area contributed by atoms with Gasteiger partial charge in [-0.2, -0.15) is 0 Å². The fourth-order valence-electron chi connectivity index (χ4n) is 2.27. The summed E-state index contributed by atoms with van der Waals surface area (Å²) in [6, 6.07) is 4.84. The van der Waals surface area contributed by atoms with Crippen LogP contribution in [0.25, 0.3) is 0 Å². The SMILES string of the molecule is CCN(CC)C(=O)CN1C(=O)C(=O)c2c(Cl)cccc21. The predicted octanol–water partition coefficient (Wildman–Crippen LogP) is 1.74. The molecule has 0 atom stereocenters. The number of benzene rings is 1. The molecule has 0 saturated carbocycles. The zero-order chi connectivity index (χ0) is 14.9. The molecule has 0 spiro atoms. The molecule has 1 aromatic carbocycles. The van der Waals surface area contributed by atoms with Crippen molar-refractivity contribution in [2.45, 2.75) is 13.8 Å². The zero-order valence-corrected chi connectivity index (χ0v) is 12.1. The van der Waals surface area contributed by atoms with Gasteiger partial charge in [-0.1, -0.05) is 17.7 Å². The van der Waals surface area contributed by atoms with Crippen LogP contribution < -0.4 is 4.90 Å². The van der Waals surface area contributed by atoms with Crippen LogP contribution in [-0.4, -0.2) is 42.1 Å². The third-order valence-electron chi connectivity index (χ3n) is 3.36. The summed E-state index contributed by atoms with van der Waals surface area (Å²) in [7, 11) is 0. The van der Waals surface area contributed by atoms with Gasteiger partial charge in [-0.15, -0.1) is 0 Å². The van der Waals surface area contributed by atoms with Crippen LogP contribution in [0.15, 0.2) is 18.2 Å². The van der Waals surface area contributed by atoms with E-state index < -0.39 is 11.7 Å². The second-order valence-corrected chi connectivity index (χ2v) is 4.83. The third kappa shape index (κ3) is 2.29. The molecule has 2 rings (SSSR count). The lowest BCUT2D eigenvalue weighted by Crippen LogP contribution is -2.42. The number of rotatable bonds is 4. The molecule has 0 saturated heterocycles. The summed E-state index contributed by atoms with van der Waals surface area (Å²) in [4.78, 5) is 38.8. The molecule has 1 heterocycles. The van der Waals surface area contributed by atoms with Crippen LogP contribution in [0.1, 0.15) is 24.2 Å². The van der Waals surface area contributed by atoms with Gasteiger partial charge in [0.25, 0.3) is 11.7 Å². The molecular weight excluding hydrogens is 280 g/mol. The van der Waals surface area contributed by atoms with Crippen LogP contribution in [0.2, 0.25) is 5.02 Å². The molecule has 1 aliphatic rings. The maximum atomic E-state index is 12.1. The zero-order valence-electron chi connectivity index (χ0n) is 11.4. The number of fused-ring (bicyclic) bond motifs is 1. The van der Waals surface area contributed by atoms with Gasteiger partial charge < -0.3 is 4.90 Å². The highest BCUT2D eigenvalue weighted by Crippen LogP contribution is 2.33. The summed E-state index contributed by atoms with van der Waals surface area (Å²) in [5.41, 5.74) is 0.597. The van der Waals surface area contributed by atoms with E-state index in [-0.39, 0.29) is 23.0 Å². The van der Waals surface area contributed by atoms with Crippen molar-refractivity contribution in [1.29, 1.82) is 0 Å². The van der Waals surface area contributed by atoms with Gasteiger partial charge in [0.15, 0.2) is 0 Å². The number of hydrogen-bond acceptors (Lipinski definition) is 3. The second-order valence-electron chi connectivity index (χ2n) is 4.42. The van der Waals surface area contributed by atoms with Gasteiger partial charge in [-0.05, 0) is 26.0 Å². The minimum Gasteiger partial charge on any atom is -0.342 e. The minimum absolute atomic E-state index is 0.139. The number of amides is 2. The predicted molar refractivity (Wildman–Crippen MR) is 76.1 cm³/mol. The van der Waals surface area contributed by atoms with Crippen molar-refractivity contribution in [3.05, 3.63) is 28.8 Å². The second kappa shape index (κ2) is 5.63. The Balaban J connectivity index is 2.31. The van der Waals surface area contributed by atoms with Crippen molar-refractivity contribution in [3.8, 4) is 0 Å². The molecule has 2 amide bonds. The molecule has 106 valence electrons. The summed E-state index contributed by atoms with van der Waals surface area (Å²) in [6.07, 6.45) is 0. The van der Waals surface area contributed by atoms with Crippen LogP contribution in [0.3, 0.4) is 0 Å². The summed E-state index contributed by atoms with van der Waals surface area (Å²) >= 11 is 5.95. The van der Waals surface area contributed by atoms with Crippen molar-refractivity contribution in [2.75, 3.05) is 24.5 Å². The maximum Gasteiger partial charge on any atom is 0.300 e. The number of hydrogen-bond donors (Lipinski definition) is 0. The molecule has 5 nitrogen and oxygen atoms in total. The maximum absolute atomic E-state index is 12.1. The van der Waals surface area contributed by atoms with Crippen molar-refractivity contribution in [3.63, 3.8) is 0 Å². The summed E-state index contributed by atoms with van der Waals surface area (Å²) < 4.78 is 0. The van der Waals surface area contributed by atoms with E-state index in [9.17, 15) is 14.4 Å². The topological polar surface area (TPSA) is 57.7 Å². The first kappa shape index (κ1) is 14.5. The van der Waals surface area contributed by atoms with E-state index in [1.807, 2.05) is 13.8 Å². The average Bonchev–Trinajstić information content (AvgIpc) is 2.66. The fourth-order valence-corrected chi connectivity index (χ4v) is 2.53. The highest BCUT2D eigenvalue weighted by molar-refractivity contribution is 6.55. The van der Waals surface area contributed by atoms with E-state index >= 15 is 0 Å². The number of Topliss-reactive ketones (excluding diaryl/α,β-unsaturated/α-hetero) is 1.